The number of hydrogen-bond acceptors (Lipinski definition) is 7. The van der Waals surface area contributed by atoms with Gasteiger partial charge in [0.1, 0.15) is 5.75 Å². The first-order valence-electron chi connectivity index (χ1n) is 17.7. The molecule has 0 saturated carbocycles. The molecule has 0 atom stereocenters. The number of amides is 1. The van der Waals surface area contributed by atoms with Crippen molar-refractivity contribution in [1.82, 2.24) is 4.90 Å². The average Bonchev–Trinajstić information content (AvgIpc) is 3.87. The Morgan fingerprint density at radius 3 is 2.45 bits per heavy atom. The first kappa shape index (κ1) is 34.9. The Balaban J connectivity index is 0.000000765. The van der Waals surface area contributed by atoms with Crippen LogP contribution in [0.25, 0.3) is 17.2 Å². The highest BCUT2D eigenvalue weighted by molar-refractivity contribution is 7.09. The molecule has 3 aliphatic heterocycles. The van der Waals surface area contributed by atoms with Gasteiger partial charge in [-0.15, -0.1) is 11.3 Å². The molecule has 8 heteroatoms. The molecule has 49 heavy (non-hydrogen) atoms. The largest absolute Gasteiger partial charge is 0.493 e. The number of thiophene rings is 1. The average molecular weight is 680 g/mol. The summed E-state index contributed by atoms with van der Waals surface area (Å²) in [5, 5.41) is 5.29. The molecule has 258 valence electrons. The smallest absolute Gasteiger partial charge is 0.251 e. The van der Waals surface area contributed by atoms with Gasteiger partial charge in [-0.05, 0) is 111 Å². The number of benzene rings is 3. The number of fused-ring (bicyclic) bond motifs is 1. The lowest BCUT2D eigenvalue weighted by atomic mass is 9.99. The fourth-order valence-electron chi connectivity index (χ4n) is 6.64. The van der Waals surface area contributed by atoms with Gasteiger partial charge in [0.15, 0.2) is 0 Å². The Bertz CT molecular complexity index is 1650. The highest BCUT2D eigenvalue weighted by Crippen LogP contribution is 2.37. The van der Waals surface area contributed by atoms with Gasteiger partial charge < -0.3 is 24.4 Å². The Morgan fingerprint density at radius 2 is 1.73 bits per heavy atom. The highest BCUT2D eigenvalue weighted by atomic mass is 32.1. The molecule has 0 radical (unpaired) electrons. The molecule has 1 aromatic heterocycles. The molecule has 7 nitrogen and oxygen atoms in total. The number of ether oxygens (including phenoxy) is 3. The van der Waals surface area contributed by atoms with Crippen LogP contribution in [0, 0.1) is 0 Å². The van der Waals surface area contributed by atoms with Crippen molar-refractivity contribution in [2.45, 2.75) is 58.2 Å². The minimum absolute atomic E-state index is 0.0545. The SMILES string of the molecule is C1CCOC1.CCOc1ccccc1-c1ccc2c(c1)C=C(C(=O)Nc1ccc(CN(C)C3CCOCC3)cc1)CCN2Cc1cccs1. The zero-order valence-electron chi connectivity index (χ0n) is 28.9. The van der Waals surface area contributed by atoms with E-state index >= 15 is 0 Å². The monoisotopic (exact) mass is 679 g/mol. The van der Waals surface area contributed by atoms with Gasteiger partial charge in [-0.3, -0.25) is 9.69 Å². The Labute approximate surface area is 295 Å². The van der Waals surface area contributed by atoms with Crippen molar-refractivity contribution in [3.05, 3.63) is 106 Å². The summed E-state index contributed by atoms with van der Waals surface area (Å²) >= 11 is 1.76. The molecule has 0 aliphatic carbocycles. The lowest BCUT2D eigenvalue weighted by Crippen LogP contribution is -2.36. The summed E-state index contributed by atoms with van der Waals surface area (Å²) in [6.45, 7) is 8.75. The van der Waals surface area contributed by atoms with E-state index in [1.54, 1.807) is 11.3 Å². The Morgan fingerprint density at radius 1 is 0.959 bits per heavy atom. The van der Waals surface area contributed by atoms with Crippen molar-refractivity contribution in [2.75, 3.05) is 56.8 Å². The third-order valence-corrected chi connectivity index (χ3v) is 10.2. The molecule has 4 aromatic rings. The van der Waals surface area contributed by atoms with Crippen molar-refractivity contribution in [3.8, 4) is 16.9 Å². The molecule has 0 spiro atoms. The first-order chi connectivity index (χ1) is 24.1. The number of carbonyl (C=O) groups excluding carboxylic acids is 1. The van der Waals surface area contributed by atoms with Crippen LogP contribution in [0.15, 0.2) is 89.8 Å². The molecule has 1 amide bonds. The van der Waals surface area contributed by atoms with Gasteiger partial charge in [0.25, 0.3) is 5.91 Å². The number of para-hydroxylation sites is 1. The van der Waals surface area contributed by atoms with Crippen LogP contribution >= 0.6 is 11.3 Å². The summed E-state index contributed by atoms with van der Waals surface area (Å²) < 4.78 is 16.4. The molecule has 3 aromatic carbocycles. The molecule has 2 saturated heterocycles. The molecule has 0 unspecified atom stereocenters. The number of hydrogen-bond donors (Lipinski definition) is 1. The fourth-order valence-corrected chi connectivity index (χ4v) is 7.36. The quantitative estimate of drug-likeness (QED) is 0.181. The van der Waals surface area contributed by atoms with E-state index in [9.17, 15) is 4.79 Å². The van der Waals surface area contributed by atoms with Gasteiger partial charge in [0.2, 0.25) is 0 Å². The third kappa shape index (κ3) is 9.61. The number of anilines is 2. The van der Waals surface area contributed by atoms with Gasteiger partial charge in [-0.1, -0.05) is 42.5 Å². The predicted molar refractivity (Wildman–Crippen MR) is 201 cm³/mol. The number of carbonyl (C=O) groups is 1. The van der Waals surface area contributed by atoms with Crippen LogP contribution in [0.2, 0.25) is 0 Å². The molecule has 0 bridgehead atoms. The summed E-state index contributed by atoms with van der Waals surface area (Å²) in [4.78, 5) is 19.8. The molecule has 4 heterocycles. The lowest BCUT2D eigenvalue weighted by Gasteiger charge is -2.31. The van der Waals surface area contributed by atoms with Crippen LogP contribution in [-0.4, -0.2) is 63.5 Å². The van der Waals surface area contributed by atoms with Gasteiger partial charge in [0, 0.05) is 72.9 Å². The lowest BCUT2D eigenvalue weighted by molar-refractivity contribution is -0.112. The Kier molecular flexibility index (Phi) is 12.6. The summed E-state index contributed by atoms with van der Waals surface area (Å²) in [7, 11) is 2.19. The van der Waals surface area contributed by atoms with Gasteiger partial charge in [0.05, 0.1) is 13.2 Å². The van der Waals surface area contributed by atoms with Gasteiger partial charge in [-0.25, -0.2) is 0 Å². The predicted octanol–water partition coefficient (Wildman–Crippen LogP) is 8.65. The van der Waals surface area contributed by atoms with E-state index in [4.69, 9.17) is 14.2 Å². The van der Waals surface area contributed by atoms with Crippen LogP contribution in [0.5, 0.6) is 5.75 Å². The first-order valence-corrected chi connectivity index (χ1v) is 18.6. The topological polar surface area (TPSA) is 63.3 Å². The molecular formula is C41H49N3O4S. The molecule has 3 aliphatic rings. The van der Waals surface area contributed by atoms with E-state index < -0.39 is 0 Å². The van der Waals surface area contributed by atoms with Crippen molar-refractivity contribution >= 4 is 34.7 Å². The highest BCUT2D eigenvalue weighted by Gasteiger charge is 2.22. The van der Waals surface area contributed by atoms with Crippen LogP contribution < -0.4 is 15.0 Å². The third-order valence-electron chi connectivity index (χ3n) is 9.35. The molecule has 2 fully saturated rings. The van der Waals surface area contributed by atoms with Crippen molar-refractivity contribution in [3.63, 3.8) is 0 Å². The summed E-state index contributed by atoms with van der Waals surface area (Å²) in [6.07, 6.45) is 7.44. The maximum Gasteiger partial charge on any atom is 0.251 e. The molecule has 7 rings (SSSR count). The number of nitrogens with zero attached hydrogens (tertiary/aromatic N) is 2. The fraction of sp³-hybridized carbons (Fsp3) is 0.390. The van der Waals surface area contributed by atoms with Crippen LogP contribution in [0.3, 0.4) is 0 Å². The van der Waals surface area contributed by atoms with Crippen LogP contribution in [0.1, 0.15) is 55.0 Å². The molecule has 1 N–H and O–H groups in total. The van der Waals surface area contributed by atoms with E-state index in [0.717, 1.165) is 98.3 Å². The van der Waals surface area contributed by atoms with Crippen LogP contribution in [0.4, 0.5) is 11.4 Å². The maximum atomic E-state index is 13.7. The second-order valence-corrected chi connectivity index (χ2v) is 13.9. The van der Waals surface area contributed by atoms with E-state index in [1.165, 1.54) is 23.3 Å². The normalized spacial score (nSPS) is 16.3. The zero-order valence-corrected chi connectivity index (χ0v) is 29.7. The number of nitrogens with one attached hydrogen (secondary N) is 1. The Hall–Kier alpha value is -3.95. The summed E-state index contributed by atoms with van der Waals surface area (Å²) in [5.74, 6) is 0.810. The van der Waals surface area contributed by atoms with Gasteiger partial charge >= 0.3 is 0 Å². The van der Waals surface area contributed by atoms with E-state index in [1.807, 2.05) is 37.3 Å². The standard InChI is InChI=1S/C37H41N3O3S.C4H8O/c1-3-43-36-9-5-4-8-34(36)28-12-15-35-30(23-28)24-29(16-19-40(35)26-33-7-6-22-44-33)37(41)38-31-13-10-27(11-14-31)25-39(2)32-17-20-42-21-18-32;1-2-4-5-3-1/h4-15,22-24,32H,3,16-21,25-26H2,1-2H3,(H,38,41);1-4H2. The second kappa shape index (κ2) is 17.6. The van der Waals surface area contributed by atoms with Crippen LogP contribution in [-0.2, 0) is 27.4 Å². The second-order valence-electron chi connectivity index (χ2n) is 12.9. The minimum atomic E-state index is -0.0545. The van der Waals surface area contributed by atoms with Crippen molar-refractivity contribution in [1.29, 1.82) is 0 Å². The van der Waals surface area contributed by atoms with E-state index in [2.05, 4.69) is 82.2 Å². The van der Waals surface area contributed by atoms with E-state index in [0.29, 0.717) is 19.1 Å². The zero-order chi connectivity index (χ0) is 33.8. The summed E-state index contributed by atoms with van der Waals surface area (Å²) in [6, 6.07) is 27.8. The van der Waals surface area contributed by atoms with Crippen molar-refractivity contribution in [2.24, 2.45) is 0 Å². The maximum absolute atomic E-state index is 13.7. The van der Waals surface area contributed by atoms with Gasteiger partial charge in [-0.2, -0.15) is 0 Å². The molecular weight excluding hydrogens is 631 g/mol. The minimum Gasteiger partial charge on any atom is -0.493 e. The summed E-state index contributed by atoms with van der Waals surface area (Å²) in [5.41, 5.74) is 7.13. The van der Waals surface area contributed by atoms with Crippen molar-refractivity contribution < 1.29 is 19.0 Å². The van der Waals surface area contributed by atoms with E-state index in [-0.39, 0.29) is 5.91 Å². The number of rotatable bonds is 10.